The molecule has 0 bridgehead atoms. The van der Waals surface area contributed by atoms with E-state index in [1.165, 1.54) is 26.2 Å². The molecule has 29 heavy (non-hydrogen) atoms. The smallest absolute Gasteiger partial charge is 0.242 e. The number of rotatable bonds is 7. The van der Waals surface area contributed by atoms with Crippen molar-refractivity contribution in [3.8, 4) is 5.75 Å². The zero-order chi connectivity index (χ0) is 20.9. The van der Waals surface area contributed by atoms with Crippen LogP contribution >= 0.6 is 0 Å². The first-order valence-corrected chi connectivity index (χ1v) is 10.8. The summed E-state index contributed by atoms with van der Waals surface area (Å²) in [6.45, 7) is 4.55. The summed E-state index contributed by atoms with van der Waals surface area (Å²) in [5, 5.41) is 2.74. The van der Waals surface area contributed by atoms with E-state index in [2.05, 4.69) is 14.9 Å². The van der Waals surface area contributed by atoms with Gasteiger partial charge in [0.15, 0.2) is 0 Å². The van der Waals surface area contributed by atoms with Crippen LogP contribution in [0.4, 0.5) is 11.4 Å². The Balaban J connectivity index is 1.59. The predicted octanol–water partition coefficient (Wildman–Crippen LogP) is 1.84. The Hall–Kier alpha value is -2.62. The van der Waals surface area contributed by atoms with Crippen LogP contribution in [0.1, 0.15) is 6.92 Å². The topological polar surface area (TPSA) is 97.0 Å². The summed E-state index contributed by atoms with van der Waals surface area (Å²) >= 11 is 0. The minimum absolute atomic E-state index is 0.0628. The van der Waals surface area contributed by atoms with Crippen LogP contribution in [0.2, 0.25) is 0 Å². The van der Waals surface area contributed by atoms with Crippen molar-refractivity contribution in [2.45, 2.75) is 17.9 Å². The van der Waals surface area contributed by atoms with Crippen molar-refractivity contribution in [3.63, 3.8) is 0 Å². The summed E-state index contributed by atoms with van der Waals surface area (Å²) in [7, 11) is -2.33. The molecule has 1 fully saturated rings. The summed E-state index contributed by atoms with van der Waals surface area (Å²) in [6, 6.07) is 12.5. The van der Waals surface area contributed by atoms with Crippen molar-refractivity contribution >= 4 is 27.3 Å². The number of sulfonamides is 1. The molecule has 1 aliphatic rings. The fraction of sp³-hybridized carbons (Fsp3) is 0.350. The lowest BCUT2D eigenvalue weighted by Gasteiger charge is -2.29. The highest BCUT2D eigenvalue weighted by molar-refractivity contribution is 7.89. The Morgan fingerprint density at radius 2 is 1.69 bits per heavy atom. The van der Waals surface area contributed by atoms with Gasteiger partial charge in [-0.15, -0.1) is 0 Å². The van der Waals surface area contributed by atoms with Crippen molar-refractivity contribution in [1.29, 1.82) is 0 Å². The molecule has 1 saturated heterocycles. The molecule has 1 heterocycles. The van der Waals surface area contributed by atoms with Crippen molar-refractivity contribution in [2.24, 2.45) is 0 Å². The molecule has 9 heteroatoms. The molecule has 0 aromatic heterocycles. The lowest BCUT2D eigenvalue weighted by Crippen LogP contribution is -2.41. The van der Waals surface area contributed by atoms with Crippen LogP contribution in [-0.2, 0) is 19.6 Å². The highest BCUT2D eigenvalue weighted by atomic mass is 32.2. The van der Waals surface area contributed by atoms with E-state index < -0.39 is 22.0 Å². The van der Waals surface area contributed by atoms with E-state index in [-0.39, 0.29) is 4.90 Å². The molecule has 1 atom stereocenters. The molecule has 0 radical (unpaired) electrons. The summed E-state index contributed by atoms with van der Waals surface area (Å²) in [4.78, 5) is 14.7. The van der Waals surface area contributed by atoms with Crippen LogP contribution in [-0.4, -0.2) is 53.8 Å². The first-order valence-electron chi connectivity index (χ1n) is 9.29. The Labute approximate surface area is 170 Å². The van der Waals surface area contributed by atoms with E-state index in [1.54, 1.807) is 24.3 Å². The van der Waals surface area contributed by atoms with E-state index in [0.29, 0.717) is 24.7 Å². The maximum absolute atomic E-state index is 12.5. The second-order valence-corrected chi connectivity index (χ2v) is 8.37. The molecule has 3 rings (SSSR count). The number of carbonyl (C=O) groups is 1. The summed E-state index contributed by atoms with van der Waals surface area (Å²) in [5.41, 5.74) is 1.65. The Morgan fingerprint density at radius 3 is 2.28 bits per heavy atom. The van der Waals surface area contributed by atoms with Crippen LogP contribution in [0, 0.1) is 0 Å². The van der Waals surface area contributed by atoms with Crippen molar-refractivity contribution < 1.29 is 22.7 Å². The zero-order valence-corrected chi connectivity index (χ0v) is 17.2. The third kappa shape index (κ3) is 5.47. The quantitative estimate of drug-likeness (QED) is 0.711. The first-order chi connectivity index (χ1) is 13.9. The van der Waals surface area contributed by atoms with E-state index in [4.69, 9.17) is 9.47 Å². The van der Waals surface area contributed by atoms with Crippen LogP contribution in [0.5, 0.6) is 5.75 Å². The summed E-state index contributed by atoms with van der Waals surface area (Å²) in [6.07, 6.45) is 0. The van der Waals surface area contributed by atoms with Gasteiger partial charge in [-0.3, -0.25) is 4.79 Å². The second-order valence-electron chi connectivity index (χ2n) is 6.65. The largest absolute Gasteiger partial charge is 0.497 e. The molecule has 2 N–H and O–H groups in total. The van der Waals surface area contributed by atoms with Gasteiger partial charge >= 0.3 is 0 Å². The zero-order valence-electron chi connectivity index (χ0n) is 16.4. The standard InChI is InChI=1S/C20H25N3O5S/c1-15(22-29(25,26)19-9-7-18(27-2)8-10-19)20(24)21-16-3-5-17(6-4-16)23-11-13-28-14-12-23/h3-10,15,22H,11-14H2,1-2H3,(H,21,24). The minimum Gasteiger partial charge on any atom is -0.497 e. The number of methoxy groups -OCH3 is 1. The van der Waals surface area contributed by atoms with Gasteiger partial charge < -0.3 is 19.7 Å². The van der Waals surface area contributed by atoms with Gasteiger partial charge in [-0.25, -0.2) is 8.42 Å². The Morgan fingerprint density at radius 1 is 1.07 bits per heavy atom. The number of anilines is 2. The van der Waals surface area contributed by atoms with E-state index in [0.717, 1.165) is 18.8 Å². The van der Waals surface area contributed by atoms with Crippen molar-refractivity contribution in [3.05, 3.63) is 48.5 Å². The Bertz CT molecular complexity index is 924. The Kier molecular flexibility index (Phi) is 6.73. The van der Waals surface area contributed by atoms with Crippen molar-refractivity contribution in [1.82, 2.24) is 4.72 Å². The van der Waals surface area contributed by atoms with Crippen LogP contribution in [0.3, 0.4) is 0 Å². The molecule has 1 unspecified atom stereocenters. The van der Waals surface area contributed by atoms with E-state index in [1.807, 2.05) is 12.1 Å². The van der Waals surface area contributed by atoms with E-state index in [9.17, 15) is 13.2 Å². The highest BCUT2D eigenvalue weighted by Gasteiger charge is 2.22. The second kappa shape index (κ2) is 9.25. The fourth-order valence-corrected chi connectivity index (χ4v) is 4.14. The number of amides is 1. The summed E-state index contributed by atoms with van der Waals surface area (Å²) < 4.78 is 37.7. The number of hydrogen-bond donors (Lipinski definition) is 2. The fourth-order valence-electron chi connectivity index (χ4n) is 2.94. The lowest BCUT2D eigenvalue weighted by atomic mass is 10.2. The molecule has 1 aliphatic heterocycles. The summed E-state index contributed by atoms with van der Waals surface area (Å²) in [5.74, 6) is 0.108. The molecule has 1 amide bonds. The minimum atomic E-state index is -3.83. The van der Waals surface area contributed by atoms with Gasteiger partial charge in [0.1, 0.15) is 5.75 Å². The maximum Gasteiger partial charge on any atom is 0.242 e. The van der Waals surface area contributed by atoms with Gasteiger partial charge in [0.2, 0.25) is 15.9 Å². The molecule has 0 saturated carbocycles. The van der Waals surface area contributed by atoms with Crippen LogP contribution in [0.25, 0.3) is 0 Å². The SMILES string of the molecule is COc1ccc(S(=O)(=O)NC(C)C(=O)Nc2ccc(N3CCOCC3)cc2)cc1. The number of nitrogens with one attached hydrogen (secondary N) is 2. The number of carbonyl (C=O) groups excluding carboxylic acids is 1. The monoisotopic (exact) mass is 419 g/mol. The third-order valence-corrected chi connectivity index (χ3v) is 6.16. The average molecular weight is 420 g/mol. The molecule has 0 spiro atoms. The molecule has 2 aromatic rings. The lowest BCUT2D eigenvalue weighted by molar-refractivity contribution is -0.117. The molecule has 2 aromatic carbocycles. The number of morpholine rings is 1. The maximum atomic E-state index is 12.5. The number of ether oxygens (including phenoxy) is 2. The highest BCUT2D eigenvalue weighted by Crippen LogP contribution is 2.19. The van der Waals surface area contributed by atoms with Gasteiger partial charge in [0, 0.05) is 24.5 Å². The molecule has 0 aliphatic carbocycles. The number of benzene rings is 2. The molecular weight excluding hydrogens is 394 g/mol. The predicted molar refractivity (Wildman–Crippen MR) is 111 cm³/mol. The van der Waals surface area contributed by atoms with Crippen molar-refractivity contribution in [2.75, 3.05) is 43.6 Å². The number of nitrogens with zero attached hydrogens (tertiary/aromatic N) is 1. The van der Waals surface area contributed by atoms with Gasteiger partial charge in [0.05, 0.1) is 31.3 Å². The van der Waals surface area contributed by atoms with Gasteiger partial charge in [-0.1, -0.05) is 0 Å². The normalized spacial score (nSPS) is 15.6. The van der Waals surface area contributed by atoms with Crippen LogP contribution in [0.15, 0.2) is 53.4 Å². The van der Waals surface area contributed by atoms with Gasteiger partial charge in [0.25, 0.3) is 0 Å². The third-order valence-electron chi connectivity index (χ3n) is 4.61. The average Bonchev–Trinajstić information content (AvgIpc) is 2.74. The molecule has 156 valence electrons. The van der Waals surface area contributed by atoms with Gasteiger partial charge in [-0.2, -0.15) is 4.72 Å². The van der Waals surface area contributed by atoms with Crippen LogP contribution < -0.4 is 19.7 Å². The molecular formula is C20H25N3O5S. The van der Waals surface area contributed by atoms with E-state index >= 15 is 0 Å². The number of hydrogen-bond acceptors (Lipinski definition) is 6. The molecule has 8 nitrogen and oxygen atoms in total. The van der Waals surface area contributed by atoms with Gasteiger partial charge in [-0.05, 0) is 55.5 Å². The first kappa shape index (κ1) is 21.1.